The van der Waals surface area contributed by atoms with E-state index in [1.807, 2.05) is 13.0 Å². The molecule has 4 rings (SSSR count). The molecular weight excluding hydrogens is 350 g/mol. The van der Waals surface area contributed by atoms with Crippen molar-refractivity contribution < 1.29 is 8.83 Å². The van der Waals surface area contributed by atoms with Gasteiger partial charge in [-0.3, -0.25) is 0 Å². The molecule has 23 heavy (non-hydrogen) atoms. The Morgan fingerprint density at radius 2 is 2.17 bits per heavy atom. The van der Waals surface area contributed by atoms with Crippen molar-refractivity contribution >= 4 is 34.4 Å². The number of thiazole rings is 1. The van der Waals surface area contributed by atoms with Gasteiger partial charge in [-0.1, -0.05) is 11.8 Å². The second kappa shape index (κ2) is 6.31. The smallest absolute Gasteiger partial charge is 0.277 e. The maximum atomic E-state index is 5.67. The number of hydrogen-bond acceptors (Lipinski definition) is 8. The number of furan rings is 1. The topological polar surface area (TPSA) is 65.0 Å². The summed E-state index contributed by atoms with van der Waals surface area (Å²) >= 11 is 4.81. The van der Waals surface area contributed by atoms with E-state index in [0.29, 0.717) is 16.9 Å². The van der Waals surface area contributed by atoms with Crippen LogP contribution in [0.25, 0.3) is 22.0 Å². The summed E-state index contributed by atoms with van der Waals surface area (Å²) < 4.78 is 10.9. The number of thiophene rings is 1. The first-order valence-electron chi connectivity index (χ1n) is 6.77. The number of thioether (sulfide) groups is 1. The van der Waals surface area contributed by atoms with Gasteiger partial charge in [-0.25, -0.2) is 4.98 Å². The molecule has 116 valence electrons. The largest absolute Gasteiger partial charge is 0.469 e. The van der Waals surface area contributed by atoms with Crippen LogP contribution in [-0.2, 0) is 5.75 Å². The minimum atomic E-state index is 0.482. The fourth-order valence-electron chi connectivity index (χ4n) is 2.01. The van der Waals surface area contributed by atoms with Crippen molar-refractivity contribution in [1.82, 2.24) is 15.2 Å². The Bertz CT molecular complexity index is 908. The summed E-state index contributed by atoms with van der Waals surface area (Å²) in [6.07, 6.45) is 1.61. The normalized spacial score (nSPS) is 11.2. The Hall–Kier alpha value is -1.90. The predicted molar refractivity (Wildman–Crippen MR) is 91.7 cm³/mol. The summed E-state index contributed by atoms with van der Waals surface area (Å²) in [6, 6.07) is 3.91. The maximum Gasteiger partial charge on any atom is 0.277 e. The minimum absolute atomic E-state index is 0.482. The highest BCUT2D eigenvalue weighted by Gasteiger charge is 2.14. The lowest BCUT2D eigenvalue weighted by atomic mass is 10.3. The summed E-state index contributed by atoms with van der Waals surface area (Å²) in [7, 11) is 0. The van der Waals surface area contributed by atoms with Crippen molar-refractivity contribution in [1.29, 1.82) is 0 Å². The fraction of sp³-hybridized carbons (Fsp3) is 0.133. The summed E-state index contributed by atoms with van der Waals surface area (Å²) in [5.41, 5.74) is 3.02. The van der Waals surface area contributed by atoms with Crippen molar-refractivity contribution in [3.05, 3.63) is 46.0 Å². The molecule has 0 amide bonds. The molecule has 0 aliphatic heterocycles. The highest BCUT2D eigenvalue weighted by Crippen LogP contribution is 2.30. The molecule has 0 aliphatic rings. The van der Waals surface area contributed by atoms with Crippen molar-refractivity contribution in [3.8, 4) is 22.0 Å². The van der Waals surface area contributed by atoms with Crippen LogP contribution in [0, 0.1) is 6.92 Å². The first-order valence-corrected chi connectivity index (χ1v) is 9.58. The third-order valence-corrected chi connectivity index (χ3v) is 5.63. The van der Waals surface area contributed by atoms with E-state index < -0.39 is 0 Å². The second-order valence-corrected chi connectivity index (χ2v) is 7.27. The monoisotopic (exact) mass is 361 g/mol. The molecule has 4 aromatic heterocycles. The van der Waals surface area contributed by atoms with Crippen molar-refractivity contribution in [2.24, 2.45) is 0 Å². The number of rotatable bonds is 5. The zero-order valence-electron chi connectivity index (χ0n) is 12.1. The molecule has 0 aromatic carbocycles. The van der Waals surface area contributed by atoms with E-state index in [4.69, 9.17) is 8.83 Å². The molecular formula is C15H11N3O2S3. The van der Waals surface area contributed by atoms with E-state index in [1.165, 1.54) is 17.3 Å². The van der Waals surface area contributed by atoms with Crippen LogP contribution < -0.4 is 0 Å². The molecule has 0 bridgehead atoms. The fourth-order valence-corrected chi connectivity index (χ4v) is 4.30. The van der Waals surface area contributed by atoms with Crippen LogP contribution in [0.3, 0.4) is 0 Å². The van der Waals surface area contributed by atoms with Gasteiger partial charge in [0.25, 0.3) is 11.1 Å². The first kappa shape index (κ1) is 14.7. The van der Waals surface area contributed by atoms with E-state index in [1.54, 1.807) is 28.9 Å². The van der Waals surface area contributed by atoms with Crippen LogP contribution in [-0.4, -0.2) is 15.2 Å². The summed E-state index contributed by atoms with van der Waals surface area (Å²) in [6.45, 7) is 1.87. The van der Waals surface area contributed by atoms with Crippen LogP contribution >= 0.6 is 34.4 Å². The lowest BCUT2D eigenvalue weighted by Crippen LogP contribution is -1.81. The maximum absolute atomic E-state index is 5.67. The molecule has 0 atom stereocenters. The van der Waals surface area contributed by atoms with Gasteiger partial charge in [-0.05, 0) is 24.4 Å². The number of hydrogen-bond donors (Lipinski definition) is 0. The van der Waals surface area contributed by atoms with Crippen LogP contribution in [0.5, 0.6) is 0 Å². The lowest BCUT2D eigenvalue weighted by Gasteiger charge is -1.93. The highest BCUT2D eigenvalue weighted by atomic mass is 32.2. The standard InChI is InChI=1S/C15H11N3O2S3/c1-9-12(2-4-19-9)13-17-18-15(20-13)23-8-11-7-22-14(16-11)10-3-5-21-6-10/h2-7H,8H2,1H3. The Morgan fingerprint density at radius 1 is 1.22 bits per heavy atom. The molecule has 0 N–H and O–H groups in total. The van der Waals surface area contributed by atoms with Gasteiger partial charge in [0, 0.05) is 22.1 Å². The Morgan fingerprint density at radius 3 is 2.96 bits per heavy atom. The van der Waals surface area contributed by atoms with Gasteiger partial charge in [0.2, 0.25) is 0 Å². The summed E-state index contributed by atoms with van der Waals surface area (Å²) in [4.78, 5) is 4.64. The van der Waals surface area contributed by atoms with Gasteiger partial charge in [-0.15, -0.1) is 21.5 Å². The summed E-state index contributed by atoms with van der Waals surface area (Å²) in [5, 5.41) is 15.9. The molecule has 0 spiro atoms. The average molecular weight is 361 g/mol. The van der Waals surface area contributed by atoms with Crippen LogP contribution in [0.15, 0.2) is 48.6 Å². The van der Waals surface area contributed by atoms with E-state index in [-0.39, 0.29) is 0 Å². The van der Waals surface area contributed by atoms with E-state index >= 15 is 0 Å². The summed E-state index contributed by atoms with van der Waals surface area (Å²) in [5.74, 6) is 1.95. The van der Waals surface area contributed by atoms with Crippen LogP contribution in [0.1, 0.15) is 11.5 Å². The molecule has 0 radical (unpaired) electrons. The third-order valence-electron chi connectivity index (χ3n) is 3.16. The molecule has 4 aromatic rings. The minimum Gasteiger partial charge on any atom is -0.469 e. The molecule has 0 aliphatic carbocycles. The third kappa shape index (κ3) is 3.10. The van der Waals surface area contributed by atoms with Crippen molar-refractivity contribution in [3.63, 3.8) is 0 Å². The molecule has 0 fully saturated rings. The second-order valence-electron chi connectivity index (χ2n) is 4.71. The van der Waals surface area contributed by atoms with E-state index in [0.717, 1.165) is 22.0 Å². The van der Waals surface area contributed by atoms with Gasteiger partial charge in [0.15, 0.2) is 0 Å². The van der Waals surface area contributed by atoms with Crippen molar-refractivity contribution in [2.75, 3.05) is 0 Å². The van der Waals surface area contributed by atoms with Gasteiger partial charge in [-0.2, -0.15) is 11.3 Å². The molecule has 5 nitrogen and oxygen atoms in total. The molecule has 0 unspecified atom stereocenters. The Labute approximate surface area is 144 Å². The molecule has 0 saturated carbocycles. The van der Waals surface area contributed by atoms with Gasteiger partial charge >= 0.3 is 0 Å². The first-order chi connectivity index (χ1) is 11.3. The van der Waals surface area contributed by atoms with E-state index in [9.17, 15) is 0 Å². The van der Waals surface area contributed by atoms with Gasteiger partial charge in [0.1, 0.15) is 10.8 Å². The Balaban J connectivity index is 1.44. The number of aryl methyl sites for hydroxylation is 1. The quantitative estimate of drug-likeness (QED) is 0.460. The van der Waals surface area contributed by atoms with Gasteiger partial charge in [0.05, 0.1) is 17.5 Å². The molecule has 8 heteroatoms. The number of nitrogens with zero attached hydrogens (tertiary/aromatic N) is 3. The van der Waals surface area contributed by atoms with Crippen molar-refractivity contribution in [2.45, 2.75) is 17.9 Å². The molecule has 0 saturated heterocycles. The van der Waals surface area contributed by atoms with Crippen LogP contribution in [0.2, 0.25) is 0 Å². The Kier molecular flexibility index (Phi) is 4.02. The lowest BCUT2D eigenvalue weighted by molar-refractivity contribution is 0.463. The van der Waals surface area contributed by atoms with E-state index in [2.05, 4.69) is 37.4 Å². The van der Waals surface area contributed by atoms with Crippen LogP contribution in [0.4, 0.5) is 0 Å². The zero-order chi connectivity index (χ0) is 15.6. The zero-order valence-corrected chi connectivity index (χ0v) is 14.5. The molecule has 4 heterocycles. The average Bonchev–Trinajstić information content (AvgIpc) is 3.32. The predicted octanol–water partition coefficient (Wildman–Crippen LogP) is 5.12. The number of aromatic nitrogens is 3. The SMILES string of the molecule is Cc1occc1-c1nnc(SCc2csc(-c3ccsc3)n2)o1. The van der Waals surface area contributed by atoms with Gasteiger partial charge < -0.3 is 8.83 Å². The highest BCUT2D eigenvalue weighted by molar-refractivity contribution is 7.98.